The summed E-state index contributed by atoms with van der Waals surface area (Å²) in [6, 6.07) is 4.04. The Hall–Kier alpha value is -0.890. The number of morpholine rings is 1. The van der Waals surface area contributed by atoms with Gasteiger partial charge in [-0.1, -0.05) is 19.9 Å². The van der Waals surface area contributed by atoms with Crippen molar-refractivity contribution in [3.05, 3.63) is 29.6 Å². The highest BCUT2D eigenvalue weighted by Gasteiger charge is 2.25. The Kier molecular flexibility index (Phi) is 7.05. The molecule has 5 nitrogen and oxygen atoms in total. The van der Waals surface area contributed by atoms with Gasteiger partial charge in [-0.15, -0.1) is 24.0 Å². The molecule has 22 heavy (non-hydrogen) atoms. The summed E-state index contributed by atoms with van der Waals surface area (Å²) in [6.07, 6.45) is 2.04. The molecule has 0 bridgehead atoms. The molecule has 0 spiro atoms. The molecule has 0 aromatic carbocycles. The molecule has 0 saturated carbocycles. The Morgan fingerprint density at radius 3 is 2.91 bits per heavy atom. The minimum absolute atomic E-state index is 0. The van der Waals surface area contributed by atoms with Gasteiger partial charge >= 0.3 is 0 Å². The first kappa shape index (κ1) is 19.2. The molecule has 1 aromatic rings. The van der Waals surface area contributed by atoms with Crippen LogP contribution in [0.25, 0.3) is 0 Å². The first-order valence-corrected chi connectivity index (χ1v) is 7.49. The normalized spacial score (nSPS) is 19.7. The minimum atomic E-state index is -0.131. The topological polar surface area (TPSA) is 63.7 Å². The van der Waals surface area contributed by atoms with Crippen molar-refractivity contribution in [1.82, 2.24) is 9.88 Å². The molecule has 124 valence electrons. The van der Waals surface area contributed by atoms with Crippen LogP contribution >= 0.6 is 24.0 Å². The molecule has 1 atom stereocenters. The van der Waals surface area contributed by atoms with E-state index in [1.54, 1.807) is 0 Å². The summed E-state index contributed by atoms with van der Waals surface area (Å²) >= 11 is 0. The number of halogens is 1. The molecule has 0 aliphatic carbocycles. The lowest BCUT2D eigenvalue weighted by Gasteiger charge is -2.32. The Morgan fingerprint density at radius 1 is 1.55 bits per heavy atom. The highest BCUT2D eigenvalue weighted by Crippen LogP contribution is 2.24. The first-order chi connectivity index (χ1) is 9.90. The minimum Gasteiger partial charge on any atom is -0.375 e. The van der Waals surface area contributed by atoms with Crippen molar-refractivity contribution in [2.24, 2.45) is 10.7 Å². The van der Waals surface area contributed by atoms with Gasteiger partial charge in [0.25, 0.3) is 0 Å². The molecule has 2 rings (SSSR count). The van der Waals surface area contributed by atoms with Crippen LogP contribution in [0, 0.1) is 6.92 Å². The Labute approximate surface area is 150 Å². The number of nitrogens with zero attached hydrogens (tertiary/aromatic N) is 3. The van der Waals surface area contributed by atoms with Gasteiger partial charge in [-0.2, -0.15) is 0 Å². The fourth-order valence-electron chi connectivity index (χ4n) is 2.67. The molecule has 1 aliphatic rings. The average molecular weight is 418 g/mol. The zero-order chi connectivity index (χ0) is 15.5. The number of aromatic nitrogens is 1. The molecular weight excluding hydrogens is 391 g/mol. The molecule has 1 aromatic heterocycles. The van der Waals surface area contributed by atoms with Crippen LogP contribution in [0.15, 0.2) is 23.3 Å². The van der Waals surface area contributed by atoms with Gasteiger partial charge in [0.2, 0.25) is 0 Å². The predicted molar refractivity (Wildman–Crippen MR) is 101 cm³/mol. The van der Waals surface area contributed by atoms with Crippen LogP contribution in [0.5, 0.6) is 0 Å². The van der Waals surface area contributed by atoms with Gasteiger partial charge in [-0.25, -0.2) is 0 Å². The summed E-state index contributed by atoms with van der Waals surface area (Å²) in [4.78, 5) is 11.2. The van der Waals surface area contributed by atoms with E-state index in [2.05, 4.69) is 48.6 Å². The Morgan fingerprint density at radius 2 is 2.27 bits per heavy atom. The van der Waals surface area contributed by atoms with E-state index in [-0.39, 0.29) is 35.5 Å². The second-order valence-electron chi connectivity index (χ2n) is 6.35. The number of hydrogen-bond donors (Lipinski definition) is 1. The monoisotopic (exact) mass is 418 g/mol. The third kappa shape index (κ3) is 4.81. The fraction of sp³-hybridized carbons (Fsp3) is 0.625. The van der Waals surface area contributed by atoms with Crippen LogP contribution in [0.3, 0.4) is 0 Å². The van der Waals surface area contributed by atoms with Crippen molar-refractivity contribution in [1.29, 1.82) is 0 Å². The second-order valence-corrected chi connectivity index (χ2v) is 6.35. The predicted octanol–water partition coefficient (Wildman–Crippen LogP) is 2.32. The van der Waals surface area contributed by atoms with E-state index in [4.69, 9.17) is 10.5 Å². The number of pyridine rings is 1. The largest absolute Gasteiger partial charge is 0.375 e. The van der Waals surface area contributed by atoms with Gasteiger partial charge in [0.1, 0.15) is 0 Å². The van der Waals surface area contributed by atoms with E-state index < -0.39 is 0 Å². The van der Waals surface area contributed by atoms with Gasteiger partial charge in [-0.3, -0.25) is 9.98 Å². The van der Waals surface area contributed by atoms with E-state index in [1.807, 2.05) is 12.3 Å². The maximum absolute atomic E-state index is 6.13. The lowest BCUT2D eigenvalue weighted by molar-refractivity contribution is 0.00527. The van der Waals surface area contributed by atoms with Crippen LogP contribution in [0.4, 0.5) is 0 Å². The van der Waals surface area contributed by atoms with Crippen molar-refractivity contribution in [2.45, 2.75) is 39.2 Å². The van der Waals surface area contributed by atoms with E-state index in [1.165, 1.54) is 5.56 Å². The molecule has 2 N–H and O–H groups in total. The zero-order valence-corrected chi connectivity index (χ0v) is 16.2. The summed E-state index contributed by atoms with van der Waals surface area (Å²) in [6.45, 7) is 11.4. The molecular formula is C16H27IN4O. The van der Waals surface area contributed by atoms with Crippen LogP contribution in [0.2, 0.25) is 0 Å². The number of nitrogens with two attached hydrogens (primary N) is 1. The summed E-state index contributed by atoms with van der Waals surface area (Å²) in [7, 11) is 0. The van der Waals surface area contributed by atoms with Crippen molar-refractivity contribution >= 4 is 29.9 Å². The van der Waals surface area contributed by atoms with Crippen LogP contribution in [-0.2, 0) is 10.2 Å². The summed E-state index contributed by atoms with van der Waals surface area (Å²) in [5.74, 6) is 0.604. The maximum Gasteiger partial charge on any atom is 0.191 e. The van der Waals surface area contributed by atoms with E-state index in [0.717, 1.165) is 18.8 Å². The lowest BCUT2D eigenvalue weighted by Crippen LogP contribution is -2.48. The van der Waals surface area contributed by atoms with Crippen LogP contribution in [-0.4, -0.2) is 48.2 Å². The lowest BCUT2D eigenvalue weighted by atomic mass is 9.86. The maximum atomic E-state index is 6.13. The molecule has 1 aliphatic heterocycles. The van der Waals surface area contributed by atoms with Gasteiger partial charge < -0.3 is 15.4 Å². The molecule has 1 fully saturated rings. The third-order valence-corrected chi connectivity index (χ3v) is 3.85. The van der Waals surface area contributed by atoms with Crippen molar-refractivity contribution in [3.8, 4) is 0 Å². The first-order valence-electron chi connectivity index (χ1n) is 7.49. The van der Waals surface area contributed by atoms with Gasteiger partial charge in [0, 0.05) is 24.7 Å². The van der Waals surface area contributed by atoms with Gasteiger partial charge in [0.05, 0.1) is 24.9 Å². The average Bonchev–Trinajstić information content (AvgIpc) is 2.45. The van der Waals surface area contributed by atoms with Crippen molar-refractivity contribution in [2.75, 3.05) is 26.2 Å². The standard InChI is InChI=1S/C16H26N4O.HI/c1-12-6-5-7-18-14(12)16(3,4)11-19-15(17)20-8-9-21-13(2)10-20;/h5-7,13H,8-11H2,1-4H3,(H2,17,19);1H. The van der Waals surface area contributed by atoms with Crippen molar-refractivity contribution < 1.29 is 4.74 Å². The summed E-state index contributed by atoms with van der Waals surface area (Å²) < 4.78 is 5.53. The molecule has 1 unspecified atom stereocenters. The number of aryl methyl sites for hydroxylation is 1. The van der Waals surface area contributed by atoms with Crippen molar-refractivity contribution in [3.63, 3.8) is 0 Å². The Balaban J connectivity index is 0.00000242. The van der Waals surface area contributed by atoms with E-state index in [0.29, 0.717) is 19.1 Å². The van der Waals surface area contributed by atoms with E-state index in [9.17, 15) is 0 Å². The van der Waals surface area contributed by atoms with Crippen LogP contribution < -0.4 is 5.73 Å². The zero-order valence-electron chi connectivity index (χ0n) is 13.9. The van der Waals surface area contributed by atoms with Gasteiger partial charge in [-0.05, 0) is 25.5 Å². The summed E-state index contributed by atoms with van der Waals surface area (Å²) in [5, 5.41) is 0. The molecule has 2 heterocycles. The number of aliphatic imine (C=N–C) groups is 1. The van der Waals surface area contributed by atoms with E-state index >= 15 is 0 Å². The summed E-state index contributed by atoms with van der Waals surface area (Å²) in [5.41, 5.74) is 8.27. The molecule has 0 radical (unpaired) electrons. The highest BCUT2D eigenvalue weighted by atomic mass is 127. The highest BCUT2D eigenvalue weighted by molar-refractivity contribution is 14.0. The third-order valence-electron chi connectivity index (χ3n) is 3.85. The molecule has 1 saturated heterocycles. The number of hydrogen-bond acceptors (Lipinski definition) is 3. The number of rotatable bonds is 3. The quantitative estimate of drug-likeness (QED) is 0.465. The Bertz CT molecular complexity index is 519. The smallest absolute Gasteiger partial charge is 0.191 e. The molecule has 0 amide bonds. The fourth-order valence-corrected chi connectivity index (χ4v) is 2.67. The van der Waals surface area contributed by atoms with Gasteiger partial charge in [0.15, 0.2) is 5.96 Å². The second kappa shape index (κ2) is 8.10. The number of ether oxygens (including phenoxy) is 1. The number of guanidine groups is 1. The SMILES string of the molecule is Cc1cccnc1C(C)(C)CN=C(N)N1CCOC(C)C1.I. The van der Waals surface area contributed by atoms with Crippen LogP contribution in [0.1, 0.15) is 32.0 Å². The molecule has 6 heteroatoms.